The fraction of sp³-hybridized carbons (Fsp3) is 0.326. The maximum Gasteiger partial charge on any atom is 0.228 e. The molecule has 298 valence electrons. The minimum atomic E-state index is -1.74. The van der Waals surface area contributed by atoms with Gasteiger partial charge in [-0.15, -0.1) is 34.0 Å². The first kappa shape index (κ1) is 44.2. The van der Waals surface area contributed by atoms with Crippen molar-refractivity contribution in [1.29, 1.82) is 0 Å². The second kappa shape index (κ2) is 18.9. The average molecular weight is 1030 g/mol. The fourth-order valence-electron chi connectivity index (χ4n) is 6.89. The molecule has 0 aliphatic heterocycles. The highest BCUT2D eigenvalue weighted by Gasteiger charge is 2.41. The molecule has 6 aromatic rings. The lowest BCUT2D eigenvalue weighted by molar-refractivity contribution is 0.180. The summed E-state index contributed by atoms with van der Waals surface area (Å²) < 4.78 is 15.9. The van der Waals surface area contributed by atoms with Crippen LogP contribution < -0.4 is 4.74 Å². The highest BCUT2D eigenvalue weighted by atomic mass is 79.9. The van der Waals surface area contributed by atoms with Gasteiger partial charge in [-0.2, -0.15) is 0 Å². The number of aliphatic hydroxyl groups excluding tert-OH is 1. The first-order chi connectivity index (χ1) is 27.0. The molecule has 0 saturated carbocycles. The van der Waals surface area contributed by atoms with E-state index in [1.807, 2.05) is 67.0 Å². The first-order valence-electron chi connectivity index (χ1n) is 19.1. The van der Waals surface area contributed by atoms with E-state index in [-0.39, 0.29) is 23.4 Å². The molecule has 3 heterocycles. The summed E-state index contributed by atoms with van der Waals surface area (Å²) in [6.45, 7) is 23.0. The van der Waals surface area contributed by atoms with Crippen molar-refractivity contribution < 1.29 is 14.3 Å². The molecule has 3 aromatic heterocycles. The number of hydrogen-bond acceptors (Lipinski definition) is 6. The summed E-state index contributed by atoms with van der Waals surface area (Å²) >= 11 is 15.4. The Kier molecular flexibility index (Phi) is 14.7. The first-order valence-corrected chi connectivity index (χ1v) is 27.0. The van der Waals surface area contributed by atoms with Crippen molar-refractivity contribution in [3.8, 4) is 37.8 Å². The predicted octanol–water partition coefficient (Wildman–Crippen LogP) is 16.9. The number of aliphatic hydroxyl groups is 1. The van der Waals surface area contributed by atoms with Gasteiger partial charge in [0.2, 0.25) is 5.69 Å². The Morgan fingerprint density at radius 3 is 2.04 bits per heavy atom. The molecule has 1 N–H and O–H groups in total. The number of fused-ring (bicyclic) bond motifs is 2. The van der Waals surface area contributed by atoms with Gasteiger partial charge < -0.3 is 14.3 Å². The Bertz CT molecular complexity index is 2350. The van der Waals surface area contributed by atoms with Crippen LogP contribution in [0.1, 0.15) is 81.9 Å². The summed E-state index contributed by atoms with van der Waals surface area (Å²) in [4.78, 5) is 6.11. The zero-order valence-electron chi connectivity index (χ0n) is 33.3. The third kappa shape index (κ3) is 10.7. The van der Waals surface area contributed by atoms with Crippen LogP contribution in [-0.2, 0) is 17.3 Å². The van der Waals surface area contributed by atoms with Gasteiger partial charge in [0.05, 0.1) is 28.7 Å². The normalized spacial score (nSPS) is 15.9. The minimum absolute atomic E-state index is 0.0419. The molecule has 2 atom stereocenters. The van der Waals surface area contributed by atoms with Gasteiger partial charge in [0.1, 0.15) is 5.75 Å². The van der Waals surface area contributed by atoms with Gasteiger partial charge in [0, 0.05) is 29.5 Å². The van der Waals surface area contributed by atoms with Crippen LogP contribution in [0.3, 0.4) is 0 Å². The number of nitrogens with zero attached hydrogens (tertiary/aromatic N) is 1. The monoisotopic (exact) mass is 1020 g/mol. The molecule has 0 spiro atoms. The summed E-state index contributed by atoms with van der Waals surface area (Å²) in [5.74, 6) is 0.635. The topological polar surface area (TPSA) is 43.0 Å². The van der Waals surface area contributed by atoms with Crippen LogP contribution in [0.25, 0.3) is 36.9 Å². The number of benzene rings is 3. The van der Waals surface area contributed by atoms with Crippen molar-refractivity contribution >= 4 is 95.8 Å². The molecule has 3 aromatic carbocycles. The second-order valence-corrected chi connectivity index (χ2v) is 26.8. The van der Waals surface area contributed by atoms with E-state index in [1.54, 1.807) is 22.7 Å². The Labute approximate surface area is 376 Å². The zero-order chi connectivity index (χ0) is 41.1. The Morgan fingerprint density at radius 2 is 1.42 bits per heavy atom. The largest absolute Gasteiger partial charge is 0.502 e. The summed E-state index contributed by atoms with van der Waals surface area (Å²) in [7, 11) is -1.74. The molecular formula is C46H48Br3NO3S3Si. The molecule has 11 heteroatoms. The van der Waals surface area contributed by atoms with Crippen LogP contribution in [0.4, 0.5) is 5.69 Å². The van der Waals surface area contributed by atoms with E-state index in [1.165, 1.54) is 46.5 Å². The molecule has 0 unspecified atom stereocenters. The maximum absolute atomic E-state index is 10.1. The minimum Gasteiger partial charge on any atom is -0.502 e. The molecule has 0 radical (unpaired) electrons. The van der Waals surface area contributed by atoms with E-state index >= 15 is 0 Å². The molecule has 57 heavy (non-hydrogen) atoms. The third-order valence-electron chi connectivity index (χ3n) is 10.7. The quantitative estimate of drug-likeness (QED) is 0.128. The van der Waals surface area contributed by atoms with Crippen molar-refractivity contribution in [2.24, 2.45) is 0 Å². The summed E-state index contributed by atoms with van der Waals surface area (Å²) in [6, 6.07) is 25.1. The smallest absolute Gasteiger partial charge is 0.228 e. The molecule has 0 fully saturated rings. The number of thiophene rings is 3. The average Bonchev–Trinajstić information content (AvgIpc) is 4.02. The molecule has 2 aliphatic rings. The van der Waals surface area contributed by atoms with E-state index in [2.05, 4.69) is 134 Å². The van der Waals surface area contributed by atoms with Gasteiger partial charge >= 0.3 is 0 Å². The lowest BCUT2D eigenvalue weighted by Crippen LogP contribution is -2.41. The molecule has 0 saturated heterocycles. The Balaban J connectivity index is 0.000000166. The van der Waals surface area contributed by atoms with E-state index in [9.17, 15) is 5.11 Å². The van der Waals surface area contributed by atoms with Crippen LogP contribution in [0, 0.1) is 6.57 Å². The van der Waals surface area contributed by atoms with E-state index in [0.717, 1.165) is 46.2 Å². The van der Waals surface area contributed by atoms with Gasteiger partial charge in [-0.05, 0) is 186 Å². The van der Waals surface area contributed by atoms with Gasteiger partial charge in [0.25, 0.3) is 0 Å². The molecular weight excluding hydrogens is 979 g/mol. The molecule has 0 bridgehead atoms. The SMILES string of the molecule is Brc1csc(Br)c1.CC(C)(C)[Si](C)(C)O[C@@H]1CCc2c(-c3cc(Br)cs3)cccc21.[C-]#[N+]c1cc(-c2cc(-c3cccc4c3CC[C@H]4O)cs2)ccc1OC(C)C. The molecule has 2 aliphatic carbocycles. The highest BCUT2D eigenvalue weighted by molar-refractivity contribution is 9.11. The van der Waals surface area contributed by atoms with Crippen molar-refractivity contribution in [1.82, 2.24) is 0 Å². The van der Waals surface area contributed by atoms with E-state index in [0.29, 0.717) is 11.4 Å². The number of rotatable bonds is 7. The molecule has 8 rings (SSSR count). The zero-order valence-corrected chi connectivity index (χ0v) is 41.5. The number of ether oxygens (including phenoxy) is 1. The summed E-state index contributed by atoms with van der Waals surface area (Å²) in [6.07, 6.45) is 3.93. The van der Waals surface area contributed by atoms with Gasteiger partial charge in [0.15, 0.2) is 8.32 Å². The Hall–Kier alpha value is -2.37. The van der Waals surface area contributed by atoms with Crippen LogP contribution >= 0.6 is 81.8 Å². The predicted molar refractivity (Wildman–Crippen MR) is 257 cm³/mol. The standard InChI is InChI=1S/C23H21NO2S.C19H25BrOSSi.C4H2Br2S/c1-14(2)26-22-10-7-15(11-20(22)24-3)23-12-16(13-27-23)17-5-4-6-19-18(17)8-9-21(19)25;1-19(2,3)23(4,5)21-17-10-9-14-15(17)7-6-8-16(14)18-11-13(20)12-22-18;5-3-1-4(6)7-2-3/h4-7,10-14,21,25H,8-9H2,1-2H3;6-8,11-12,17H,9-10H2,1-5H3;1-2H/t21-;17-;/m11./s1. The highest BCUT2D eigenvalue weighted by Crippen LogP contribution is 2.47. The second-order valence-electron chi connectivity index (χ2n) is 16.1. The summed E-state index contributed by atoms with van der Waals surface area (Å²) in [5, 5.41) is 16.8. The van der Waals surface area contributed by atoms with E-state index in [4.69, 9.17) is 15.7 Å². The number of hydrogen-bond donors (Lipinski definition) is 1. The van der Waals surface area contributed by atoms with Crippen LogP contribution in [0.15, 0.2) is 102 Å². The Morgan fingerprint density at radius 1 is 0.772 bits per heavy atom. The van der Waals surface area contributed by atoms with Crippen LogP contribution in [-0.4, -0.2) is 19.5 Å². The molecule has 0 amide bonds. The van der Waals surface area contributed by atoms with Crippen molar-refractivity contribution in [2.75, 3.05) is 0 Å². The van der Waals surface area contributed by atoms with Gasteiger partial charge in [-0.25, -0.2) is 4.85 Å². The van der Waals surface area contributed by atoms with E-state index < -0.39 is 8.32 Å². The fourth-order valence-corrected chi connectivity index (χ4v) is 12.6. The maximum atomic E-state index is 10.1. The lowest BCUT2D eigenvalue weighted by atomic mass is 9.98. The molecule has 4 nitrogen and oxygen atoms in total. The number of halogens is 3. The van der Waals surface area contributed by atoms with Crippen molar-refractivity contribution in [3.05, 3.63) is 135 Å². The van der Waals surface area contributed by atoms with Crippen LogP contribution in [0.5, 0.6) is 5.75 Å². The van der Waals surface area contributed by atoms with Gasteiger partial charge in [-0.1, -0.05) is 63.2 Å². The van der Waals surface area contributed by atoms with Crippen molar-refractivity contribution in [3.63, 3.8) is 0 Å². The van der Waals surface area contributed by atoms with Crippen LogP contribution in [0.2, 0.25) is 18.1 Å². The van der Waals surface area contributed by atoms with Crippen molar-refractivity contribution in [2.45, 2.75) is 96.7 Å². The third-order valence-corrected chi connectivity index (χ3v) is 20.2. The lowest BCUT2D eigenvalue weighted by Gasteiger charge is -2.38. The summed E-state index contributed by atoms with van der Waals surface area (Å²) in [5.41, 5.74) is 10.6. The van der Waals surface area contributed by atoms with Gasteiger partial charge in [-0.3, -0.25) is 0 Å².